The summed E-state index contributed by atoms with van der Waals surface area (Å²) in [4.78, 5) is 23.6. The second-order valence-electron chi connectivity index (χ2n) is 6.26. The van der Waals surface area contributed by atoms with Gasteiger partial charge in [-0.1, -0.05) is 73.8 Å². The molecule has 0 aliphatic heterocycles. The molecule has 0 saturated heterocycles. The maximum Gasteiger partial charge on any atom is 0.336 e. The van der Waals surface area contributed by atoms with Crippen molar-refractivity contribution in [3.05, 3.63) is 39.4 Å². The van der Waals surface area contributed by atoms with Crippen molar-refractivity contribution < 1.29 is 19.1 Å². The van der Waals surface area contributed by atoms with Crippen LogP contribution in [-0.4, -0.2) is 18.0 Å². The van der Waals surface area contributed by atoms with Crippen molar-refractivity contribution in [2.24, 2.45) is 0 Å². The third-order valence-electron chi connectivity index (χ3n) is 3.80. The van der Waals surface area contributed by atoms with E-state index in [2.05, 4.69) is 6.92 Å². The third-order valence-corrected chi connectivity index (χ3v) is 4.58. The van der Waals surface area contributed by atoms with Crippen LogP contribution in [0.25, 0.3) is 0 Å². The Morgan fingerprint density at radius 3 is 2.15 bits per heavy atom. The first kappa shape index (κ1) is 23.8. The molecule has 27 heavy (non-hydrogen) atoms. The first-order valence-electron chi connectivity index (χ1n) is 9.08. The second-order valence-corrected chi connectivity index (χ2v) is 7.51. The molecule has 0 radical (unpaired) electrons. The molecule has 7 heteroatoms. The Kier molecular flexibility index (Phi) is 11.5. The summed E-state index contributed by atoms with van der Waals surface area (Å²) in [6.45, 7) is 4.02. The van der Waals surface area contributed by atoms with Crippen LogP contribution in [0, 0.1) is 0 Å². The van der Waals surface area contributed by atoms with Crippen molar-refractivity contribution in [2.75, 3.05) is 0 Å². The van der Waals surface area contributed by atoms with E-state index in [1.165, 1.54) is 37.8 Å². The zero-order chi connectivity index (χ0) is 20.2. The number of carbonyl (C=O) groups excluding carboxylic acids is 2. The molecule has 0 fully saturated rings. The van der Waals surface area contributed by atoms with Crippen LogP contribution in [-0.2, 0) is 14.3 Å². The lowest BCUT2D eigenvalue weighted by molar-refractivity contribution is -0.143. The zero-order valence-electron chi connectivity index (χ0n) is 15.6. The number of unbranched alkanes of at least 4 members (excludes halogenated alkanes) is 5. The fourth-order valence-corrected chi connectivity index (χ4v) is 3.30. The Balaban J connectivity index is 2.37. The third kappa shape index (κ3) is 10.0. The molecule has 1 unspecified atom stereocenters. The van der Waals surface area contributed by atoms with Crippen molar-refractivity contribution in [3.8, 4) is 5.75 Å². The molecule has 1 aromatic carbocycles. The molecule has 1 aromatic rings. The van der Waals surface area contributed by atoms with Crippen LogP contribution in [0.3, 0.4) is 0 Å². The van der Waals surface area contributed by atoms with E-state index >= 15 is 0 Å². The molecule has 0 aliphatic rings. The highest BCUT2D eigenvalue weighted by Gasteiger charge is 2.13. The monoisotopic (exact) mass is 434 g/mol. The summed E-state index contributed by atoms with van der Waals surface area (Å²) < 4.78 is 10.3. The molecular weight excluding hydrogens is 411 g/mol. The largest absolute Gasteiger partial charge is 0.460 e. The van der Waals surface area contributed by atoms with Gasteiger partial charge in [0.05, 0.1) is 16.1 Å². The molecule has 4 nitrogen and oxygen atoms in total. The van der Waals surface area contributed by atoms with Crippen molar-refractivity contribution in [1.82, 2.24) is 0 Å². The lowest BCUT2D eigenvalue weighted by Crippen LogP contribution is -2.14. The maximum absolute atomic E-state index is 11.8. The smallest absolute Gasteiger partial charge is 0.336 e. The first-order chi connectivity index (χ1) is 12.8. The number of rotatable bonds is 11. The second kappa shape index (κ2) is 13.0. The summed E-state index contributed by atoms with van der Waals surface area (Å²) in [5, 5.41) is 0.525. The van der Waals surface area contributed by atoms with Gasteiger partial charge in [0.15, 0.2) is 5.75 Å². The highest BCUT2D eigenvalue weighted by atomic mass is 35.5. The average Bonchev–Trinajstić information content (AvgIpc) is 2.59. The highest BCUT2D eigenvalue weighted by Crippen LogP contribution is 2.35. The molecule has 1 rings (SSSR count). The molecule has 150 valence electrons. The van der Waals surface area contributed by atoms with Gasteiger partial charge in [-0.3, -0.25) is 0 Å². The van der Waals surface area contributed by atoms with Crippen molar-refractivity contribution >= 4 is 46.7 Å². The summed E-state index contributed by atoms with van der Waals surface area (Å²) in [5.74, 6) is -1.40. The first-order valence-corrected chi connectivity index (χ1v) is 10.2. The number of esters is 2. The molecule has 0 heterocycles. The number of benzene rings is 1. The van der Waals surface area contributed by atoms with Crippen LogP contribution in [0.15, 0.2) is 24.3 Å². The van der Waals surface area contributed by atoms with Crippen LogP contribution in [0.1, 0.15) is 58.8 Å². The minimum atomic E-state index is -0.790. The zero-order valence-corrected chi connectivity index (χ0v) is 17.9. The molecule has 0 spiro atoms. The van der Waals surface area contributed by atoms with Crippen LogP contribution >= 0.6 is 34.8 Å². The van der Waals surface area contributed by atoms with E-state index < -0.39 is 11.9 Å². The van der Waals surface area contributed by atoms with Crippen LogP contribution < -0.4 is 4.74 Å². The summed E-state index contributed by atoms with van der Waals surface area (Å²) in [7, 11) is 0. The summed E-state index contributed by atoms with van der Waals surface area (Å²) in [5.41, 5.74) is 0. The highest BCUT2D eigenvalue weighted by molar-refractivity contribution is 6.40. The van der Waals surface area contributed by atoms with Crippen molar-refractivity contribution in [2.45, 2.75) is 64.9 Å². The number of carbonyl (C=O) groups is 2. The van der Waals surface area contributed by atoms with E-state index in [4.69, 9.17) is 44.3 Å². The van der Waals surface area contributed by atoms with Gasteiger partial charge in [-0.2, -0.15) is 0 Å². The van der Waals surface area contributed by atoms with Gasteiger partial charge in [0.1, 0.15) is 0 Å². The van der Waals surface area contributed by atoms with Gasteiger partial charge in [-0.05, 0) is 31.9 Å². The predicted octanol–water partition coefficient (Wildman–Crippen LogP) is 6.79. The fourth-order valence-electron chi connectivity index (χ4n) is 2.41. The SMILES string of the molecule is CCCCCCCCC(C)OC(=O)/C=C/C(=O)Oc1c(Cl)cc(Cl)cc1Cl. The van der Waals surface area contributed by atoms with E-state index in [1.807, 2.05) is 6.92 Å². The number of halogens is 3. The molecule has 1 atom stereocenters. The van der Waals surface area contributed by atoms with Gasteiger partial charge in [-0.15, -0.1) is 0 Å². The predicted molar refractivity (Wildman–Crippen MR) is 110 cm³/mol. The number of ether oxygens (including phenoxy) is 2. The van der Waals surface area contributed by atoms with Gasteiger partial charge < -0.3 is 9.47 Å². The average molecular weight is 436 g/mol. The Morgan fingerprint density at radius 1 is 0.963 bits per heavy atom. The van der Waals surface area contributed by atoms with E-state index in [9.17, 15) is 9.59 Å². The fraction of sp³-hybridized carbons (Fsp3) is 0.500. The molecule has 0 N–H and O–H groups in total. The van der Waals surface area contributed by atoms with E-state index in [1.54, 1.807) is 0 Å². The van der Waals surface area contributed by atoms with Gasteiger partial charge in [0, 0.05) is 17.2 Å². The normalized spacial score (nSPS) is 12.2. The van der Waals surface area contributed by atoms with Gasteiger partial charge >= 0.3 is 11.9 Å². The topological polar surface area (TPSA) is 52.6 Å². The molecule has 0 aliphatic carbocycles. The summed E-state index contributed by atoms with van der Waals surface area (Å²) in [6.07, 6.45) is 9.67. The van der Waals surface area contributed by atoms with E-state index in [0.717, 1.165) is 31.4 Å². The van der Waals surface area contributed by atoms with Gasteiger partial charge in [0.2, 0.25) is 0 Å². The Labute approximate surface area is 175 Å². The lowest BCUT2D eigenvalue weighted by atomic mass is 10.1. The lowest BCUT2D eigenvalue weighted by Gasteiger charge is -2.11. The molecule has 0 saturated carbocycles. The van der Waals surface area contributed by atoms with Gasteiger partial charge in [-0.25, -0.2) is 9.59 Å². The Morgan fingerprint density at radius 2 is 1.52 bits per heavy atom. The minimum Gasteiger partial charge on any atom is -0.460 e. The van der Waals surface area contributed by atoms with E-state index in [0.29, 0.717) is 5.02 Å². The number of hydrogen-bond donors (Lipinski definition) is 0. The standard InChI is InChI=1S/C20H25Cl3O4/c1-3-4-5-6-7-8-9-14(2)26-18(24)10-11-19(25)27-20-16(22)12-15(21)13-17(20)23/h10-14H,3-9H2,1-2H3/b11-10+. The van der Waals surface area contributed by atoms with Crippen LogP contribution in [0.2, 0.25) is 15.1 Å². The van der Waals surface area contributed by atoms with Crippen LogP contribution in [0.4, 0.5) is 0 Å². The molecule has 0 aromatic heterocycles. The number of hydrogen-bond acceptors (Lipinski definition) is 4. The molecule has 0 amide bonds. The Bertz CT molecular complexity index is 636. The maximum atomic E-state index is 11.8. The van der Waals surface area contributed by atoms with Gasteiger partial charge in [0.25, 0.3) is 0 Å². The minimum absolute atomic E-state index is 0.0119. The summed E-state index contributed by atoms with van der Waals surface area (Å²) in [6, 6.07) is 2.80. The Hall–Kier alpha value is -1.23. The van der Waals surface area contributed by atoms with Crippen molar-refractivity contribution in [3.63, 3.8) is 0 Å². The van der Waals surface area contributed by atoms with Crippen LogP contribution in [0.5, 0.6) is 5.75 Å². The summed E-state index contributed by atoms with van der Waals surface area (Å²) >= 11 is 17.7. The van der Waals surface area contributed by atoms with E-state index in [-0.39, 0.29) is 21.9 Å². The quantitative estimate of drug-likeness (QED) is 0.166. The molecule has 0 bridgehead atoms. The van der Waals surface area contributed by atoms with Crippen molar-refractivity contribution in [1.29, 1.82) is 0 Å². The molecular formula is C20H25Cl3O4.